The van der Waals surface area contributed by atoms with E-state index in [4.69, 9.17) is 11.6 Å². The number of aromatic hydroxyl groups is 1. The molecule has 0 aliphatic heterocycles. The Labute approximate surface area is 135 Å². The average Bonchev–Trinajstić information content (AvgIpc) is 2.43. The predicted molar refractivity (Wildman–Crippen MR) is 88.4 cm³/mol. The van der Waals surface area contributed by atoms with Gasteiger partial charge in [-0.05, 0) is 42.0 Å². The van der Waals surface area contributed by atoms with Crippen LogP contribution in [-0.2, 0) is 0 Å². The molecule has 0 saturated heterocycles. The molecule has 21 heavy (non-hydrogen) atoms. The lowest BCUT2D eigenvalue weighted by Crippen LogP contribution is -2.23. The number of benzene rings is 2. The molecule has 0 unspecified atom stereocenters. The number of nitrogens with one attached hydrogen (secondary N) is 2. The molecule has 0 fully saturated rings. The Morgan fingerprint density at radius 3 is 2.81 bits per heavy atom. The summed E-state index contributed by atoms with van der Waals surface area (Å²) in [5.74, 6) is -0.0504. The van der Waals surface area contributed by atoms with Gasteiger partial charge in [-0.3, -0.25) is 0 Å². The van der Waals surface area contributed by atoms with Crippen LogP contribution in [0.25, 0.3) is 6.08 Å². The number of hydrogen-bond donors (Lipinski definition) is 3. The van der Waals surface area contributed by atoms with E-state index >= 15 is 0 Å². The molecule has 2 rings (SSSR count). The van der Waals surface area contributed by atoms with E-state index in [1.54, 1.807) is 6.08 Å². The highest BCUT2D eigenvalue weighted by atomic mass is 79.9. The van der Waals surface area contributed by atoms with E-state index in [0.29, 0.717) is 5.02 Å². The molecule has 0 bridgehead atoms. The molecule has 2 amide bonds. The Morgan fingerprint density at radius 1 is 1.24 bits per heavy atom. The van der Waals surface area contributed by atoms with Crippen LogP contribution in [0.4, 0.5) is 10.5 Å². The minimum atomic E-state index is -0.473. The highest BCUT2D eigenvalue weighted by molar-refractivity contribution is 9.10. The number of amides is 2. The van der Waals surface area contributed by atoms with Crippen LogP contribution < -0.4 is 10.6 Å². The molecule has 0 aromatic heterocycles. The first-order valence-electron chi connectivity index (χ1n) is 6.03. The van der Waals surface area contributed by atoms with Crippen molar-refractivity contribution in [3.63, 3.8) is 0 Å². The number of anilines is 1. The maximum Gasteiger partial charge on any atom is 0.323 e. The van der Waals surface area contributed by atoms with Gasteiger partial charge in [-0.1, -0.05) is 39.7 Å². The fraction of sp³-hybridized carbons (Fsp3) is 0. The van der Waals surface area contributed by atoms with Crippen LogP contribution in [-0.4, -0.2) is 11.1 Å². The van der Waals surface area contributed by atoms with Crippen LogP contribution in [0, 0.1) is 0 Å². The van der Waals surface area contributed by atoms with Crippen LogP contribution >= 0.6 is 27.5 Å². The Balaban J connectivity index is 1.94. The summed E-state index contributed by atoms with van der Waals surface area (Å²) >= 11 is 9.17. The third-order valence-corrected chi connectivity index (χ3v) is 3.27. The lowest BCUT2D eigenvalue weighted by atomic mass is 10.2. The molecule has 2 aromatic rings. The van der Waals surface area contributed by atoms with E-state index in [1.807, 2.05) is 24.3 Å². The molecular formula is C15H12BrClN2O2. The molecule has 108 valence electrons. The summed E-state index contributed by atoms with van der Waals surface area (Å²) in [6.45, 7) is 0. The molecule has 3 N–H and O–H groups in total. The average molecular weight is 368 g/mol. The first-order chi connectivity index (χ1) is 10.0. The summed E-state index contributed by atoms with van der Waals surface area (Å²) < 4.78 is 0.956. The Bertz CT molecular complexity index is 689. The number of halogens is 2. The van der Waals surface area contributed by atoms with Crippen molar-refractivity contribution < 1.29 is 9.90 Å². The summed E-state index contributed by atoms with van der Waals surface area (Å²) in [6, 6.07) is 11.6. The smallest absolute Gasteiger partial charge is 0.323 e. The van der Waals surface area contributed by atoms with Gasteiger partial charge >= 0.3 is 6.03 Å². The quantitative estimate of drug-likeness (QED) is 0.694. The standard InChI is InChI=1S/C15H12BrClN2O2/c16-11-3-1-2-10(8-11)6-7-18-15(21)19-13-9-12(17)4-5-14(13)20/h1-9,20H,(H2,18,19,21)/b7-6+. The van der Waals surface area contributed by atoms with Crippen molar-refractivity contribution in [3.05, 3.63) is 63.7 Å². The van der Waals surface area contributed by atoms with Crippen molar-refractivity contribution in [2.45, 2.75) is 0 Å². The van der Waals surface area contributed by atoms with Gasteiger partial charge in [-0.25, -0.2) is 4.79 Å². The number of carbonyl (C=O) groups excluding carboxylic acids is 1. The van der Waals surface area contributed by atoms with Crippen LogP contribution in [0.3, 0.4) is 0 Å². The second kappa shape index (κ2) is 7.15. The third-order valence-electron chi connectivity index (χ3n) is 2.55. The minimum absolute atomic E-state index is 0.0504. The second-order valence-corrected chi connectivity index (χ2v) is 5.50. The summed E-state index contributed by atoms with van der Waals surface area (Å²) in [5.41, 5.74) is 1.19. The predicted octanol–water partition coefficient (Wildman–Crippen LogP) is 4.60. The van der Waals surface area contributed by atoms with Gasteiger partial charge < -0.3 is 15.7 Å². The van der Waals surface area contributed by atoms with Crippen molar-refractivity contribution >= 4 is 45.3 Å². The maximum absolute atomic E-state index is 11.7. The normalized spacial score (nSPS) is 10.6. The number of urea groups is 1. The molecule has 0 aliphatic rings. The van der Waals surface area contributed by atoms with Crippen LogP contribution in [0.2, 0.25) is 5.02 Å². The van der Waals surface area contributed by atoms with Crippen LogP contribution in [0.15, 0.2) is 53.1 Å². The fourth-order valence-electron chi connectivity index (χ4n) is 1.59. The molecule has 0 atom stereocenters. The van der Waals surface area contributed by atoms with Gasteiger partial charge in [0.15, 0.2) is 0 Å². The lowest BCUT2D eigenvalue weighted by molar-refractivity contribution is 0.255. The monoisotopic (exact) mass is 366 g/mol. The summed E-state index contributed by atoms with van der Waals surface area (Å²) in [6.07, 6.45) is 3.26. The van der Waals surface area contributed by atoms with Gasteiger partial charge in [0, 0.05) is 15.7 Å². The number of rotatable bonds is 3. The van der Waals surface area contributed by atoms with Crippen molar-refractivity contribution in [2.75, 3.05) is 5.32 Å². The summed E-state index contributed by atoms with van der Waals surface area (Å²) in [7, 11) is 0. The highest BCUT2D eigenvalue weighted by Crippen LogP contribution is 2.26. The van der Waals surface area contributed by atoms with Crippen LogP contribution in [0.1, 0.15) is 5.56 Å². The number of hydrogen-bond acceptors (Lipinski definition) is 2. The molecule has 0 aliphatic carbocycles. The SMILES string of the molecule is O=C(N/C=C/c1cccc(Br)c1)Nc1cc(Cl)ccc1O. The van der Waals surface area contributed by atoms with Crippen molar-refractivity contribution in [3.8, 4) is 5.75 Å². The number of phenols is 1. The Hall–Kier alpha value is -1.98. The highest BCUT2D eigenvalue weighted by Gasteiger charge is 2.05. The number of phenolic OH excluding ortho intramolecular Hbond substituents is 1. The lowest BCUT2D eigenvalue weighted by Gasteiger charge is -2.07. The van der Waals surface area contributed by atoms with Gasteiger partial charge in [-0.15, -0.1) is 0 Å². The van der Waals surface area contributed by atoms with E-state index in [-0.39, 0.29) is 11.4 Å². The van der Waals surface area contributed by atoms with E-state index in [0.717, 1.165) is 10.0 Å². The zero-order valence-corrected chi connectivity index (χ0v) is 13.1. The maximum atomic E-state index is 11.7. The van der Waals surface area contributed by atoms with Gasteiger partial charge in [0.2, 0.25) is 0 Å². The van der Waals surface area contributed by atoms with Crippen LogP contribution in [0.5, 0.6) is 5.75 Å². The second-order valence-electron chi connectivity index (χ2n) is 4.15. The zero-order chi connectivity index (χ0) is 15.2. The van der Waals surface area contributed by atoms with E-state index in [2.05, 4.69) is 26.6 Å². The van der Waals surface area contributed by atoms with Crippen molar-refractivity contribution in [1.29, 1.82) is 0 Å². The van der Waals surface area contributed by atoms with Gasteiger partial charge in [-0.2, -0.15) is 0 Å². The zero-order valence-electron chi connectivity index (χ0n) is 10.8. The van der Waals surface area contributed by atoms with Crippen molar-refractivity contribution in [2.24, 2.45) is 0 Å². The van der Waals surface area contributed by atoms with Gasteiger partial charge in [0.25, 0.3) is 0 Å². The first-order valence-corrected chi connectivity index (χ1v) is 7.20. The van der Waals surface area contributed by atoms with Gasteiger partial charge in [0.05, 0.1) is 5.69 Å². The molecule has 0 radical (unpaired) electrons. The minimum Gasteiger partial charge on any atom is -0.506 e. The fourth-order valence-corrected chi connectivity index (χ4v) is 2.18. The topological polar surface area (TPSA) is 61.4 Å². The molecule has 0 saturated carbocycles. The Morgan fingerprint density at radius 2 is 2.05 bits per heavy atom. The number of carbonyl (C=O) groups is 1. The van der Waals surface area contributed by atoms with E-state index in [9.17, 15) is 9.90 Å². The summed E-state index contributed by atoms with van der Waals surface area (Å²) in [5, 5.41) is 15.1. The molecule has 6 heteroatoms. The molecule has 0 spiro atoms. The largest absolute Gasteiger partial charge is 0.506 e. The first kappa shape index (κ1) is 15.4. The van der Waals surface area contributed by atoms with Crippen molar-refractivity contribution in [1.82, 2.24) is 5.32 Å². The third kappa shape index (κ3) is 4.81. The van der Waals surface area contributed by atoms with E-state index < -0.39 is 6.03 Å². The van der Waals surface area contributed by atoms with E-state index in [1.165, 1.54) is 24.4 Å². The summed E-state index contributed by atoms with van der Waals surface area (Å²) in [4.78, 5) is 11.7. The molecule has 4 nitrogen and oxygen atoms in total. The molecule has 0 heterocycles. The molecular weight excluding hydrogens is 356 g/mol. The Kier molecular flexibility index (Phi) is 5.25. The van der Waals surface area contributed by atoms with Gasteiger partial charge in [0.1, 0.15) is 5.75 Å². The molecule has 2 aromatic carbocycles.